The number of ether oxygens (including phenoxy) is 2. The second kappa shape index (κ2) is 4.76. The Morgan fingerprint density at radius 2 is 2.21 bits per heavy atom. The Morgan fingerprint density at radius 3 is 2.84 bits per heavy atom. The molecule has 1 heterocycles. The Bertz CT molecular complexity index is 472. The standard InChI is InChI=1S/C15H21FO3/c1-14(2,18-4)9-15(3)8-12(17)11-6-5-10(16)7-13(11)19-15/h5-7,12,17H,8-9H2,1-4H3/t12-,15?/m1/s1. The highest BCUT2D eigenvalue weighted by atomic mass is 19.1. The molecule has 4 heteroatoms. The largest absolute Gasteiger partial charge is 0.487 e. The molecule has 0 radical (unpaired) electrons. The maximum absolute atomic E-state index is 13.3. The lowest BCUT2D eigenvalue weighted by Gasteiger charge is -2.42. The van der Waals surface area contributed by atoms with Crippen LogP contribution in [0.25, 0.3) is 0 Å². The van der Waals surface area contributed by atoms with Gasteiger partial charge in [-0.1, -0.05) is 0 Å². The molecule has 0 aromatic heterocycles. The van der Waals surface area contributed by atoms with Crippen LogP contribution in [0.5, 0.6) is 5.75 Å². The number of halogens is 1. The van der Waals surface area contributed by atoms with Crippen LogP contribution < -0.4 is 4.74 Å². The zero-order valence-electron chi connectivity index (χ0n) is 11.9. The van der Waals surface area contributed by atoms with Crippen LogP contribution >= 0.6 is 0 Å². The van der Waals surface area contributed by atoms with Gasteiger partial charge in [0, 0.05) is 31.6 Å². The van der Waals surface area contributed by atoms with Gasteiger partial charge in [-0.15, -0.1) is 0 Å². The molecule has 2 rings (SSSR count). The van der Waals surface area contributed by atoms with Crippen LogP contribution in [0.1, 0.15) is 45.3 Å². The van der Waals surface area contributed by atoms with Gasteiger partial charge in [-0.2, -0.15) is 0 Å². The average Bonchev–Trinajstić information content (AvgIpc) is 2.26. The lowest BCUT2D eigenvalue weighted by molar-refractivity contribution is -0.0747. The molecule has 1 unspecified atom stereocenters. The summed E-state index contributed by atoms with van der Waals surface area (Å²) in [6, 6.07) is 4.25. The molecule has 0 fully saturated rings. The quantitative estimate of drug-likeness (QED) is 0.914. The minimum Gasteiger partial charge on any atom is -0.487 e. The molecule has 0 amide bonds. The normalized spacial score (nSPS) is 26.7. The first kappa shape index (κ1) is 14.3. The Morgan fingerprint density at radius 1 is 1.53 bits per heavy atom. The van der Waals surface area contributed by atoms with E-state index in [2.05, 4.69) is 0 Å². The monoisotopic (exact) mass is 268 g/mol. The molecular weight excluding hydrogens is 247 g/mol. The van der Waals surface area contributed by atoms with E-state index in [-0.39, 0.29) is 11.4 Å². The van der Waals surface area contributed by atoms with Gasteiger partial charge < -0.3 is 14.6 Å². The van der Waals surface area contributed by atoms with Gasteiger partial charge >= 0.3 is 0 Å². The number of hydrogen-bond acceptors (Lipinski definition) is 3. The average molecular weight is 268 g/mol. The molecule has 1 aliphatic rings. The van der Waals surface area contributed by atoms with Gasteiger partial charge in [0.05, 0.1) is 11.7 Å². The number of aliphatic hydroxyl groups excluding tert-OH is 1. The summed E-state index contributed by atoms with van der Waals surface area (Å²) in [5.74, 6) is 0.0642. The fraction of sp³-hybridized carbons (Fsp3) is 0.600. The van der Waals surface area contributed by atoms with Crippen LogP contribution in [0.2, 0.25) is 0 Å². The molecule has 3 nitrogen and oxygen atoms in total. The first-order valence-electron chi connectivity index (χ1n) is 6.46. The summed E-state index contributed by atoms with van der Waals surface area (Å²) < 4.78 is 24.6. The van der Waals surface area contributed by atoms with Crippen LogP contribution in [-0.4, -0.2) is 23.4 Å². The third-order valence-electron chi connectivity index (χ3n) is 3.67. The molecule has 1 N–H and O–H groups in total. The van der Waals surface area contributed by atoms with Crippen LogP contribution in [0.4, 0.5) is 4.39 Å². The number of rotatable bonds is 3. The van der Waals surface area contributed by atoms with Gasteiger partial charge in [0.1, 0.15) is 17.2 Å². The Hall–Kier alpha value is -1.13. The van der Waals surface area contributed by atoms with E-state index in [9.17, 15) is 9.50 Å². The maximum atomic E-state index is 13.3. The SMILES string of the molecule is COC(C)(C)CC1(C)C[C@@H](O)c2ccc(F)cc2O1. The molecule has 2 atom stereocenters. The third kappa shape index (κ3) is 3.07. The lowest BCUT2D eigenvalue weighted by atomic mass is 9.82. The van der Waals surface area contributed by atoms with E-state index < -0.39 is 11.7 Å². The predicted octanol–water partition coefficient (Wildman–Crippen LogP) is 3.22. The molecule has 0 aliphatic carbocycles. The second-order valence-electron chi connectivity index (χ2n) is 6.09. The minimum atomic E-state index is -0.637. The molecule has 0 bridgehead atoms. The van der Waals surface area contributed by atoms with Crippen molar-refractivity contribution in [1.29, 1.82) is 0 Å². The summed E-state index contributed by atoms with van der Waals surface area (Å²) in [4.78, 5) is 0. The first-order chi connectivity index (χ1) is 8.75. The van der Waals surface area contributed by atoms with E-state index in [0.717, 1.165) is 0 Å². The molecule has 1 aromatic carbocycles. The summed E-state index contributed by atoms with van der Waals surface area (Å²) in [7, 11) is 1.65. The fourth-order valence-electron chi connectivity index (χ4n) is 2.78. The van der Waals surface area contributed by atoms with Gasteiger partial charge in [0.15, 0.2) is 0 Å². The molecule has 0 saturated carbocycles. The minimum absolute atomic E-state index is 0.360. The van der Waals surface area contributed by atoms with Gasteiger partial charge in [-0.25, -0.2) is 4.39 Å². The number of benzene rings is 1. The zero-order valence-corrected chi connectivity index (χ0v) is 11.9. The predicted molar refractivity (Wildman–Crippen MR) is 70.7 cm³/mol. The van der Waals surface area contributed by atoms with Gasteiger partial charge in [0.2, 0.25) is 0 Å². The van der Waals surface area contributed by atoms with Crippen molar-refractivity contribution in [1.82, 2.24) is 0 Å². The highest BCUT2D eigenvalue weighted by Crippen LogP contribution is 2.43. The van der Waals surface area contributed by atoms with E-state index in [1.165, 1.54) is 12.1 Å². The Labute approximate surface area is 113 Å². The number of aliphatic hydroxyl groups is 1. The number of hydrogen-bond donors (Lipinski definition) is 1. The van der Waals surface area contributed by atoms with Crippen molar-refractivity contribution in [3.05, 3.63) is 29.6 Å². The van der Waals surface area contributed by atoms with Crippen LogP contribution in [0.3, 0.4) is 0 Å². The van der Waals surface area contributed by atoms with Gasteiger partial charge in [-0.05, 0) is 32.9 Å². The Balaban J connectivity index is 2.28. The maximum Gasteiger partial charge on any atom is 0.128 e. The fourth-order valence-corrected chi connectivity index (χ4v) is 2.78. The van der Waals surface area contributed by atoms with Crippen molar-refractivity contribution in [2.24, 2.45) is 0 Å². The second-order valence-corrected chi connectivity index (χ2v) is 6.09. The third-order valence-corrected chi connectivity index (χ3v) is 3.67. The summed E-state index contributed by atoms with van der Waals surface area (Å²) in [5.41, 5.74) is -0.284. The molecule has 1 aromatic rings. The van der Waals surface area contributed by atoms with Crippen molar-refractivity contribution in [2.45, 2.75) is 50.9 Å². The van der Waals surface area contributed by atoms with E-state index in [1.54, 1.807) is 13.2 Å². The lowest BCUT2D eigenvalue weighted by Crippen LogP contribution is -2.44. The number of fused-ring (bicyclic) bond motifs is 1. The molecule has 0 saturated heterocycles. The molecule has 0 spiro atoms. The number of methoxy groups -OCH3 is 1. The van der Waals surface area contributed by atoms with E-state index in [1.807, 2.05) is 20.8 Å². The van der Waals surface area contributed by atoms with Gasteiger partial charge in [-0.3, -0.25) is 0 Å². The van der Waals surface area contributed by atoms with Crippen LogP contribution in [-0.2, 0) is 4.74 Å². The zero-order chi connectivity index (χ0) is 14.3. The molecule has 1 aliphatic heterocycles. The smallest absolute Gasteiger partial charge is 0.128 e. The Kier molecular flexibility index (Phi) is 3.58. The van der Waals surface area contributed by atoms with Crippen LogP contribution in [0.15, 0.2) is 18.2 Å². The summed E-state index contributed by atoms with van der Waals surface area (Å²) in [5, 5.41) is 10.2. The van der Waals surface area contributed by atoms with Crippen molar-refractivity contribution in [2.75, 3.05) is 7.11 Å². The van der Waals surface area contributed by atoms with Gasteiger partial charge in [0.25, 0.3) is 0 Å². The highest BCUT2D eigenvalue weighted by Gasteiger charge is 2.40. The first-order valence-corrected chi connectivity index (χ1v) is 6.46. The topological polar surface area (TPSA) is 38.7 Å². The van der Waals surface area contributed by atoms with E-state index in [0.29, 0.717) is 24.2 Å². The summed E-state index contributed by atoms with van der Waals surface area (Å²) in [6.45, 7) is 5.86. The molecule has 19 heavy (non-hydrogen) atoms. The van der Waals surface area contributed by atoms with Crippen molar-refractivity contribution in [3.63, 3.8) is 0 Å². The van der Waals surface area contributed by atoms with Crippen molar-refractivity contribution in [3.8, 4) is 5.75 Å². The molecular formula is C15H21FO3. The van der Waals surface area contributed by atoms with Crippen LogP contribution in [0, 0.1) is 5.82 Å². The van der Waals surface area contributed by atoms with E-state index >= 15 is 0 Å². The van der Waals surface area contributed by atoms with E-state index in [4.69, 9.17) is 9.47 Å². The summed E-state index contributed by atoms with van der Waals surface area (Å²) >= 11 is 0. The van der Waals surface area contributed by atoms with Crippen molar-refractivity contribution < 1.29 is 19.0 Å². The molecule has 106 valence electrons. The highest BCUT2D eigenvalue weighted by molar-refractivity contribution is 5.38. The van der Waals surface area contributed by atoms with Crippen molar-refractivity contribution >= 4 is 0 Å². The summed E-state index contributed by atoms with van der Waals surface area (Å²) in [6.07, 6.45) is 0.448.